The Morgan fingerprint density at radius 1 is 1.57 bits per heavy atom. The maximum absolute atomic E-state index is 9.74. The molecule has 1 radical (unpaired) electrons. The maximum Gasteiger partial charge on any atom is 0.0914 e. The van der Waals surface area contributed by atoms with Crippen molar-refractivity contribution in [1.29, 1.82) is 0 Å². The second-order valence-corrected chi connectivity index (χ2v) is 3.82. The Bertz CT molecular complexity index is 288. The van der Waals surface area contributed by atoms with Gasteiger partial charge in [-0.25, -0.2) is 0 Å². The Hall–Kier alpha value is -0.570. The van der Waals surface area contributed by atoms with E-state index < -0.39 is 6.10 Å². The lowest BCUT2D eigenvalue weighted by Crippen LogP contribution is -2.28. The predicted molar refractivity (Wildman–Crippen MR) is 59.2 cm³/mol. The molecule has 0 aliphatic rings. The van der Waals surface area contributed by atoms with Crippen LogP contribution in [0.25, 0.3) is 0 Å². The van der Waals surface area contributed by atoms with Crippen LogP contribution in [-0.4, -0.2) is 17.7 Å². The standard InChI is InChI=1S/C11H15ClNO/c1-8(2)13-7-11(14)9-4-3-5-10(12)6-9/h3-6,8,11,13-14H,1,7H2,2H3/t8-,11+/m1/s1. The molecule has 0 unspecified atom stereocenters. The molecule has 2 N–H and O–H groups in total. The van der Waals surface area contributed by atoms with E-state index in [1.807, 2.05) is 19.1 Å². The van der Waals surface area contributed by atoms with Gasteiger partial charge in [-0.1, -0.05) is 23.7 Å². The van der Waals surface area contributed by atoms with Crippen LogP contribution >= 0.6 is 11.6 Å². The Balaban J connectivity index is 2.56. The first-order chi connectivity index (χ1) is 6.59. The number of benzene rings is 1. The zero-order valence-electron chi connectivity index (χ0n) is 8.20. The first-order valence-electron chi connectivity index (χ1n) is 4.59. The monoisotopic (exact) mass is 212 g/mol. The van der Waals surface area contributed by atoms with Crippen molar-refractivity contribution >= 4 is 11.6 Å². The Morgan fingerprint density at radius 2 is 2.29 bits per heavy atom. The summed E-state index contributed by atoms with van der Waals surface area (Å²) in [6.45, 7) is 6.20. The van der Waals surface area contributed by atoms with Gasteiger partial charge in [0.2, 0.25) is 0 Å². The molecule has 3 heteroatoms. The molecule has 0 aliphatic carbocycles. The van der Waals surface area contributed by atoms with Crippen molar-refractivity contribution in [3.63, 3.8) is 0 Å². The fourth-order valence-corrected chi connectivity index (χ4v) is 1.34. The van der Waals surface area contributed by atoms with Gasteiger partial charge in [-0.3, -0.25) is 0 Å². The number of hydrogen-bond donors (Lipinski definition) is 2. The fourth-order valence-electron chi connectivity index (χ4n) is 1.14. The number of hydrogen-bond acceptors (Lipinski definition) is 2. The van der Waals surface area contributed by atoms with Crippen LogP contribution in [0.2, 0.25) is 5.02 Å². The van der Waals surface area contributed by atoms with Gasteiger partial charge in [-0.2, -0.15) is 0 Å². The molecule has 0 bridgehead atoms. The van der Waals surface area contributed by atoms with Crippen LogP contribution in [-0.2, 0) is 0 Å². The molecule has 0 fully saturated rings. The highest BCUT2D eigenvalue weighted by atomic mass is 35.5. The number of aliphatic hydroxyl groups is 1. The summed E-state index contributed by atoms with van der Waals surface area (Å²) >= 11 is 5.81. The lowest BCUT2D eigenvalue weighted by Gasteiger charge is -2.14. The molecule has 1 aromatic carbocycles. The summed E-state index contributed by atoms with van der Waals surface area (Å²) < 4.78 is 0. The van der Waals surface area contributed by atoms with Crippen molar-refractivity contribution < 1.29 is 5.11 Å². The summed E-state index contributed by atoms with van der Waals surface area (Å²) in [6, 6.07) is 7.36. The van der Waals surface area contributed by atoms with Gasteiger partial charge in [0.05, 0.1) is 6.10 Å². The van der Waals surface area contributed by atoms with Crippen LogP contribution in [0.4, 0.5) is 0 Å². The molecule has 0 spiro atoms. The van der Waals surface area contributed by atoms with Crippen molar-refractivity contribution in [3.8, 4) is 0 Å². The molecule has 1 rings (SSSR count). The average molecular weight is 213 g/mol. The van der Waals surface area contributed by atoms with Crippen molar-refractivity contribution in [1.82, 2.24) is 5.32 Å². The summed E-state index contributed by atoms with van der Waals surface area (Å²) in [5.41, 5.74) is 0.825. The molecule has 14 heavy (non-hydrogen) atoms. The second-order valence-electron chi connectivity index (χ2n) is 3.38. The highest BCUT2D eigenvalue weighted by Gasteiger charge is 2.07. The quantitative estimate of drug-likeness (QED) is 0.802. The fraction of sp³-hybridized carbons (Fsp3) is 0.364. The SMILES string of the molecule is [CH2][C@H](C)NC[C@H](O)c1cccc(Cl)c1. The third kappa shape index (κ3) is 3.66. The zero-order chi connectivity index (χ0) is 10.6. The van der Waals surface area contributed by atoms with Crippen molar-refractivity contribution in [2.75, 3.05) is 6.54 Å². The van der Waals surface area contributed by atoms with E-state index in [0.29, 0.717) is 11.6 Å². The summed E-state index contributed by atoms with van der Waals surface area (Å²) in [4.78, 5) is 0. The van der Waals surface area contributed by atoms with E-state index in [9.17, 15) is 5.11 Å². The van der Waals surface area contributed by atoms with E-state index in [1.165, 1.54) is 0 Å². The van der Waals surface area contributed by atoms with Gasteiger partial charge in [0.25, 0.3) is 0 Å². The minimum atomic E-state index is -0.530. The molecule has 77 valence electrons. The molecule has 0 amide bonds. The third-order valence-corrected chi connectivity index (χ3v) is 2.13. The van der Waals surface area contributed by atoms with Crippen molar-refractivity contribution in [2.24, 2.45) is 0 Å². The molecule has 0 saturated heterocycles. The van der Waals surface area contributed by atoms with E-state index >= 15 is 0 Å². The largest absolute Gasteiger partial charge is 0.387 e. The zero-order valence-corrected chi connectivity index (χ0v) is 8.96. The van der Waals surface area contributed by atoms with Crippen molar-refractivity contribution in [2.45, 2.75) is 19.1 Å². The van der Waals surface area contributed by atoms with Gasteiger partial charge in [0.15, 0.2) is 0 Å². The van der Waals surface area contributed by atoms with Crippen LogP contribution in [0.15, 0.2) is 24.3 Å². The molecule has 0 aliphatic heterocycles. The van der Waals surface area contributed by atoms with E-state index in [0.717, 1.165) is 5.56 Å². The number of aliphatic hydroxyl groups excluding tert-OH is 1. The minimum Gasteiger partial charge on any atom is -0.387 e. The van der Waals surface area contributed by atoms with Gasteiger partial charge in [-0.05, 0) is 31.5 Å². The molecular formula is C11H15ClNO. The Morgan fingerprint density at radius 3 is 2.86 bits per heavy atom. The molecule has 0 saturated carbocycles. The Kier molecular flexibility index (Phi) is 4.39. The molecule has 0 aromatic heterocycles. The van der Waals surface area contributed by atoms with Gasteiger partial charge in [-0.15, -0.1) is 0 Å². The van der Waals surface area contributed by atoms with Gasteiger partial charge >= 0.3 is 0 Å². The third-order valence-electron chi connectivity index (χ3n) is 1.89. The van der Waals surface area contributed by atoms with E-state index in [2.05, 4.69) is 12.2 Å². The van der Waals surface area contributed by atoms with Gasteiger partial charge in [0.1, 0.15) is 0 Å². The predicted octanol–water partition coefficient (Wildman–Crippen LogP) is 2.19. The second kappa shape index (κ2) is 5.35. The van der Waals surface area contributed by atoms with E-state index in [-0.39, 0.29) is 6.04 Å². The van der Waals surface area contributed by atoms with Crippen LogP contribution in [0, 0.1) is 6.92 Å². The Labute approximate surface area is 89.9 Å². The molecule has 2 nitrogen and oxygen atoms in total. The molecule has 0 heterocycles. The highest BCUT2D eigenvalue weighted by Crippen LogP contribution is 2.16. The van der Waals surface area contributed by atoms with Crippen LogP contribution in [0.3, 0.4) is 0 Å². The normalized spacial score (nSPS) is 13.2. The number of halogens is 1. The molecular weight excluding hydrogens is 198 g/mol. The first-order valence-corrected chi connectivity index (χ1v) is 4.97. The first kappa shape index (κ1) is 11.5. The number of rotatable bonds is 4. The molecule has 2 atom stereocenters. The van der Waals surface area contributed by atoms with Gasteiger partial charge < -0.3 is 10.4 Å². The van der Waals surface area contributed by atoms with Gasteiger partial charge in [0, 0.05) is 17.6 Å². The smallest absolute Gasteiger partial charge is 0.0914 e. The lowest BCUT2D eigenvalue weighted by molar-refractivity contribution is 0.173. The van der Waals surface area contributed by atoms with Crippen molar-refractivity contribution in [3.05, 3.63) is 41.8 Å². The maximum atomic E-state index is 9.74. The van der Waals surface area contributed by atoms with Crippen LogP contribution < -0.4 is 5.32 Å². The van der Waals surface area contributed by atoms with E-state index in [4.69, 9.17) is 11.6 Å². The minimum absolute atomic E-state index is 0.129. The average Bonchev–Trinajstić information content (AvgIpc) is 2.14. The molecule has 1 aromatic rings. The summed E-state index contributed by atoms with van der Waals surface area (Å²) in [6.07, 6.45) is -0.530. The summed E-state index contributed by atoms with van der Waals surface area (Å²) in [5.74, 6) is 0. The van der Waals surface area contributed by atoms with Crippen LogP contribution in [0.1, 0.15) is 18.6 Å². The highest BCUT2D eigenvalue weighted by molar-refractivity contribution is 6.30. The van der Waals surface area contributed by atoms with E-state index in [1.54, 1.807) is 12.1 Å². The number of nitrogens with one attached hydrogen (secondary N) is 1. The lowest BCUT2D eigenvalue weighted by atomic mass is 10.1. The summed E-state index contributed by atoms with van der Waals surface area (Å²) in [5, 5.41) is 13.4. The summed E-state index contributed by atoms with van der Waals surface area (Å²) in [7, 11) is 0. The van der Waals surface area contributed by atoms with Crippen LogP contribution in [0.5, 0.6) is 0 Å². The topological polar surface area (TPSA) is 32.3 Å².